The van der Waals surface area contributed by atoms with Crippen molar-refractivity contribution in [1.29, 1.82) is 0 Å². The molecular formula is C35H56N12O12. The molecule has 1 fully saturated rings. The zero-order valence-electron chi connectivity index (χ0n) is 33.1. The highest BCUT2D eigenvalue weighted by atomic mass is 16.4. The van der Waals surface area contributed by atoms with Gasteiger partial charge in [0, 0.05) is 37.8 Å². The van der Waals surface area contributed by atoms with E-state index in [1.165, 1.54) is 19.4 Å². The Morgan fingerprint density at radius 3 is 2.00 bits per heavy atom. The Bertz CT molecular complexity index is 1680. The number of carboxylic acids is 3. The molecule has 24 heteroatoms. The maximum Gasteiger partial charge on any atom is 0.326 e. The van der Waals surface area contributed by atoms with Crippen LogP contribution in [0.1, 0.15) is 77.8 Å². The van der Waals surface area contributed by atoms with E-state index in [4.69, 9.17) is 17.2 Å². The maximum absolute atomic E-state index is 13.9. The number of imidazole rings is 1. The van der Waals surface area contributed by atoms with E-state index in [1.807, 2.05) is 0 Å². The molecule has 0 aliphatic carbocycles. The Balaban J connectivity index is 2.31. The Kier molecular flexibility index (Phi) is 19.7. The molecule has 24 nitrogen and oxygen atoms in total. The average molecular weight is 837 g/mol. The van der Waals surface area contributed by atoms with Crippen LogP contribution < -0.4 is 43.8 Å². The third kappa shape index (κ3) is 17.0. The summed E-state index contributed by atoms with van der Waals surface area (Å²) in [6.45, 7) is 5.05. The summed E-state index contributed by atoms with van der Waals surface area (Å²) in [4.78, 5) is 127. The van der Waals surface area contributed by atoms with Crippen molar-refractivity contribution in [3.05, 3.63) is 18.2 Å². The lowest BCUT2D eigenvalue weighted by Crippen LogP contribution is -2.60. The molecule has 59 heavy (non-hydrogen) atoms. The SMILES string of the molecule is CC(C)C[C@H](NC(=O)[C@H](C)N)C(=O)N[C@@H](CCC(=O)O)C(=O)N1CCC[C@H]1C(=O)N[C@@H](CC(=O)O)C(=O)N[C@@H](Cc1cnc[nH]1)C(=O)N[C@@H](CCCN=C(N)N)C(=O)O. The van der Waals surface area contributed by atoms with Crippen molar-refractivity contribution in [2.75, 3.05) is 13.1 Å². The van der Waals surface area contributed by atoms with Crippen molar-refractivity contribution < 1.29 is 58.5 Å². The first-order valence-electron chi connectivity index (χ1n) is 19.0. The molecule has 2 rings (SSSR count). The quantitative estimate of drug-likeness (QED) is 0.0256. The van der Waals surface area contributed by atoms with Crippen LogP contribution in [-0.4, -0.2) is 145 Å². The van der Waals surface area contributed by atoms with Gasteiger partial charge in [0.2, 0.25) is 35.4 Å². The molecular weight excluding hydrogens is 780 g/mol. The Morgan fingerprint density at radius 2 is 1.44 bits per heavy atom. The number of aromatic amines is 1. The summed E-state index contributed by atoms with van der Waals surface area (Å²) < 4.78 is 0. The fraction of sp³-hybridized carbons (Fsp3) is 0.629. The number of carboxylic acid groups (broad SMARTS) is 3. The number of amides is 6. The smallest absolute Gasteiger partial charge is 0.326 e. The lowest BCUT2D eigenvalue weighted by Gasteiger charge is -2.31. The Labute approximate surface area is 339 Å². The highest BCUT2D eigenvalue weighted by Gasteiger charge is 2.40. The van der Waals surface area contributed by atoms with Crippen molar-refractivity contribution in [1.82, 2.24) is 41.5 Å². The number of nitrogens with two attached hydrogens (primary N) is 3. The van der Waals surface area contributed by atoms with E-state index in [9.17, 15) is 58.5 Å². The topological polar surface area (TPSA) is 397 Å². The van der Waals surface area contributed by atoms with E-state index < -0.39 is 108 Å². The summed E-state index contributed by atoms with van der Waals surface area (Å²) in [7, 11) is 0. The van der Waals surface area contributed by atoms with Gasteiger partial charge in [-0.05, 0) is 51.4 Å². The number of carbonyl (C=O) groups is 9. The van der Waals surface area contributed by atoms with Gasteiger partial charge in [-0.3, -0.25) is 43.3 Å². The molecule has 0 unspecified atom stereocenters. The van der Waals surface area contributed by atoms with Crippen LogP contribution >= 0.6 is 0 Å². The van der Waals surface area contributed by atoms with E-state index in [1.54, 1.807) is 13.8 Å². The first-order chi connectivity index (χ1) is 27.7. The summed E-state index contributed by atoms with van der Waals surface area (Å²) in [5.41, 5.74) is 16.6. The second-order valence-corrected chi connectivity index (χ2v) is 14.5. The second-order valence-electron chi connectivity index (χ2n) is 14.5. The number of H-pyrrole nitrogens is 1. The Hall–Kier alpha value is -6.33. The van der Waals surface area contributed by atoms with Crippen LogP contribution in [0.15, 0.2) is 17.5 Å². The third-order valence-corrected chi connectivity index (χ3v) is 9.04. The number of aliphatic carboxylic acids is 3. The molecule has 1 aliphatic rings. The highest BCUT2D eigenvalue weighted by Crippen LogP contribution is 2.21. The van der Waals surface area contributed by atoms with Crippen LogP contribution in [0.3, 0.4) is 0 Å². The highest BCUT2D eigenvalue weighted by molar-refractivity contribution is 5.98. The third-order valence-electron chi connectivity index (χ3n) is 9.04. The molecule has 1 aromatic heterocycles. The number of nitrogens with zero attached hydrogens (tertiary/aromatic N) is 3. The van der Waals surface area contributed by atoms with Gasteiger partial charge in [-0.25, -0.2) is 9.78 Å². The average Bonchev–Trinajstić information content (AvgIpc) is 3.85. The standard InChI is InChI=1S/C35H56N12O12/c1-17(2)12-22(44-28(52)18(3)36)29(53)42-20(8-9-26(48)49)33(57)47-11-5-7-25(47)32(56)46-24(14-27(50)51)31(55)45-23(13-19-15-39-16-41-19)30(54)43-21(34(58)59)6-4-10-40-35(37)38/h15-18,20-25H,4-14,36H2,1-3H3,(H,39,41)(H,42,53)(H,43,54)(H,44,52)(H,45,55)(H,46,56)(H,48,49)(H,50,51)(H,58,59)(H4,37,38,40)/t18-,20-,21-,22-,23-,24-,25-/m0/s1. The van der Waals surface area contributed by atoms with Gasteiger partial charge in [0.1, 0.15) is 36.3 Å². The van der Waals surface area contributed by atoms with Gasteiger partial charge in [0.15, 0.2) is 5.96 Å². The molecule has 0 spiro atoms. The van der Waals surface area contributed by atoms with Gasteiger partial charge < -0.3 is 69.0 Å². The van der Waals surface area contributed by atoms with Crippen molar-refractivity contribution in [2.24, 2.45) is 28.1 Å². The first-order valence-corrected chi connectivity index (χ1v) is 19.0. The zero-order valence-corrected chi connectivity index (χ0v) is 33.1. The largest absolute Gasteiger partial charge is 0.481 e. The fourth-order valence-electron chi connectivity index (χ4n) is 6.09. The van der Waals surface area contributed by atoms with Crippen molar-refractivity contribution >= 4 is 59.3 Å². The van der Waals surface area contributed by atoms with Crippen LogP contribution in [0.2, 0.25) is 0 Å². The number of aromatic nitrogens is 2. The molecule has 1 saturated heterocycles. The van der Waals surface area contributed by atoms with Crippen molar-refractivity contribution in [2.45, 2.75) is 121 Å². The lowest BCUT2D eigenvalue weighted by molar-refractivity contribution is -0.145. The molecule has 1 aromatic rings. The molecule has 328 valence electrons. The number of hydrogen-bond donors (Lipinski definition) is 12. The van der Waals surface area contributed by atoms with Crippen LogP contribution in [-0.2, 0) is 49.6 Å². The maximum atomic E-state index is 13.9. The Morgan fingerprint density at radius 1 is 0.831 bits per heavy atom. The number of aliphatic imine (C=N–C) groups is 1. The number of carbonyl (C=O) groups excluding carboxylic acids is 6. The number of nitrogens with one attached hydrogen (secondary N) is 6. The molecule has 0 radical (unpaired) electrons. The number of hydrogen-bond acceptors (Lipinski definition) is 12. The van der Waals surface area contributed by atoms with Crippen LogP contribution in [0.4, 0.5) is 0 Å². The van der Waals surface area contributed by atoms with Crippen LogP contribution in [0, 0.1) is 5.92 Å². The number of likely N-dealkylation sites (tertiary alicyclic amines) is 1. The molecule has 7 atom stereocenters. The molecule has 2 heterocycles. The summed E-state index contributed by atoms with van der Waals surface area (Å²) in [5.74, 6) is -9.80. The summed E-state index contributed by atoms with van der Waals surface area (Å²) in [6, 6.07) is -9.59. The minimum Gasteiger partial charge on any atom is -0.481 e. The van der Waals surface area contributed by atoms with Gasteiger partial charge in [-0.15, -0.1) is 0 Å². The van der Waals surface area contributed by atoms with E-state index in [2.05, 4.69) is 41.5 Å². The molecule has 0 bridgehead atoms. The number of guanidine groups is 1. The molecule has 0 saturated carbocycles. The zero-order chi connectivity index (χ0) is 44.4. The molecule has 15 N–H and O–H groups in total. The lowest BCUT2D eigenvalue weighted by atomic mass is 10.0. The van der Waals surface area contributed by atoms with Gasteiger partial charge >= 0.3 is 17.9 Å². The molecule has 1 aliphatic heterocycles. The van der Waals surface area contributed by atoms with E-state index in [0.717, 1.165) is 4.90 Å². The number of rotatable bonds is 25. The van der Waals surface area contributed by atoms with Crippen LogP contribution in [0.25, 0.3) is 0 Å². The predicted molar refractivity (Wildman–Crippen MR) is 206 cm³/mol. The van der Waals surface area contributed by atoms with Gasteiger partial charge in [-0.1, -0.05) is 13.8 Å². The fourth-order valence-corrected chi connectivity index (χ4v) is 6.09. The van der Waals surface area contributed by atoms with Gasteiger partial charge in [0.05, 0.1) is 18.8 Å². The second kappa shape index (κ2) is 23.8. The van der Waals surface area contributed by atoms with E-state index in [0.29, 0.717) is 5.69 Å². The predicted octanol–water partition coefficient (Wildman–Crippen LogP) is -3.76. The minimum atomic E-state index is -1.81. The van der Waals surface area contributed by atoms with E-state index >= 15 is 0 Å². The minimum absolute atomic E-state index is 0.0217. The summed E-state index contributed by atoms with van der Waals surface area (Å²) in [6.07, 6.45) is 0.992. The molecule has 0 aromatic carbocycles. The van der Waals surface area contributed by atoms with Gasteiger partial charge in [0.25, 0.3) is 0 Å². The van der Waals surface area contributed by atoms with Crippen LogP contribution in [0.5, 0.6) is 0 Å². The van der Waals surface area contributed by atoms with Crippen molar-refractivity contribution in [3.63, 3.8) is 0 Å². The van der Waals surface area contributed by atoms with Gasteiger partial charge in [-0.2, -0.15) is 0 Å². The summed E-state index contributed by atoms with van der Waals surface area (Å²) >= 11 is 0. The summed E-state index contributed by atoms with van der Waals surface area (Å²) in [5, 5.41) is 40.9. The molecule has 6 amide bonds. The first kappa shape index (κ1) is 48.8. The normalized spacial score (nSPS) is 16.6. The monoisotopic (exact) mass is 836 g/mol. The van der Waals surface area contributed by atoms with Crippen molar-refractivity contribution in [3.8, 4) is 0 Å². The van der Waals surface area contributed by atoms with E-state index in [-0.39, 0.29) is 69.9 Å².